The Bertz CT molecular complexity index is 786. The van der Waals surface area contributed by atoms with Crippen molar-refractivity contribution in [2.45, 2.75) is 207 Å². The van der Waals surface area contributed by atoms with Crippen molar-refractivity contribution in [3.05, 3.63) is 0 Å². The summed E-state index contributed by atoms with van der Waals surface area (Å²) in [7, 11) is -12.9. The van der Waals surface area contributed by atoms with Gasteiger partial charge in [0.25, 0.3) is 0 Å². The average Bonchev–Trinajstić information content (AvgIpc) is 2.83. The normalized spacial score (nSPS) is 28.5. The Morgan fingerprint density at radius 1 is 0.333 bits per heavy atom. The number of ether oxygens (including phenoxy) is 4. The van der Waals surface area contributed by atoms with Crippen molar-refractivity contribution in [2.24, 2.45) is 0 Å². The molecule has 1 heterocycles. The molecule has 0 aliphatic carbocycles. The minimum absolute atomic E-state index is 0.104. The SMILES string of the molecule is CC(C)OCC[Si]1(C(C)(C)C)O[Si](CCOC(C)C)(C(C)(C)C)O[Si](CCOC(C)C)(C(C)(C)C)O[Si](CCOC(C)C)(C(C)(C)C)O1. The van der Waals surface area contributed by atoms with E-state index < -0.39 is 34.2 Å². The van der Waals surface area contributed by atoms with E-state index in [1.165, 1.54) is 0 Å². The molecule has 0 bridgehead atoms. The lowest BCUT2D eigenvalue weighted by Crippen LogP contribution is -2.77. The number of hydrogen-bond acceptors (Lipinski definition) is 8. The van der Waals surface area contributed by atoms with Gasteiger partial charge < -0.3 is 35.4 Å². The first kappa shape index (κ1) is 46.6. The highest BCUT2D eigenvalue weighted by molar-refractivity contribution is 6.97. The second-order valence-electron chi connectivity index (χ2n) is 19.1. The van der Waals surface area contributed by atoms with Crippen molar-refractivity contribution in [3.8, 4) is 0 Å². The predicted octanol–water partition coefficient (Wildman–Crippen LogP) is 10.7. The second kappa shape index (κ2) is 17.6. The molecule has 0 radical (unpaired) electrons. The Balaban J connectivity index is 4.37. The van der Waals surface area contributed by atoms with Crippen LogP contribution in [-0.4, -0.2) is 85.1 Å². The zero-order chi connectivity index (χ0) is 37.6. The molecule has 0 aromatic heterocycles. The summed E-state index contributed by atoms with van der Waals surface area (Å²) in [6, 6.07) is 2.75. The molecule has 0 spiro atoms. The first-order valence-corrected chi connectivity index (χ1v) is 26.9. The molecule has 1 rings (SSSR count). The van der Waals surface area contributed by atoms with Gasteiger partial charge in [-0.1, -0.05) is 83.1 Å². The third-order valence-electron chi connectivity index (χ3n) is 9.42. The Morgan fingerprint density at radius 2 is 0.479 bits per heavy atom. The maximum absolute atomic E-state index is 8.10. The minimum atomic E-state index is -3.22. The largest absolute Gasteiger partial charge is 0.415 e. The van der Waals surface area contributed by atoms with Gasteiger partial charge in [0.05, 0.1) is 24.4 Å². The molecule has 0 N–H and O–H groups in total. The molecular weight excluding hydrogens is 673 g/mol. The summed E-state index contributed by atoms with van der Waals surface area (Å²) >= 11 is 0. The number of hydrogen-bond donors (Lipinski definition) is 0. The fourth-order valence-corrected chi connectivity index (χ4v) is 34.3. The van der Waals surface area contributed by atoms with Crippen molar-refractivity contribution in [2.75, 3.05) is 26.4 Å². The molecule has 12 heteroatoms. The van der Waals surface area contributed by atoms with Crippen LogP contribution in [0.25, 0.3) is 0 Å². The summed E-state index contributed by atoms with van der Waals surface area (Å²) in [4.78, 5) is 0. The highest BCUT2D eigenvalue weighted by atomic mass is 28.5. The molecule has 0 aromatic rings. The van der Waals surface area contributed by atoms with Crippen LogP contribution in [0.4, 0.5) is 0 Å². The lowest BCUT2D eigenvalue weighted by Gasteiger charge is -2.62. The quantitative estimate of drug-likeness (QED) is 0.144. The van der Waals surface area contributed by atoms with Crippen LogP contribution in [0.15, 0.2) is 0 Å². The molecule has 8 nitrogen and oxygen atoms in total. The van der Waals surface area contributed by atoms with Crippen LogP contribution in [0.2, 0.25) is 44.3 Å². The van der Waals surface area contributed by atoms with Gasteiger partial charge in [0, 0.05) is 70.8 Å². The fraction of sp³-hybridized carbons (Fsp3) is 1.00. The molecule has 48 heavy (non-hydrogen) atoms. The van der Waals surface area contributed by atoms with Crippen LogP contribution in [-0.2, 0) is 35.4 Å². The van der Waals surface area contributed by atoms with Gasteiger partial charge in [-0.15, -0.1) is 0 Å². The molecule has 1 fully saturated rings. The Hall–Kier alpha value is 0.548. The van der Waals surface area contributed by atoms with Crippen molar-refractivity contribution in [1.82, 2.24) is 0 Å². The molecule has 1 aliphatic heterocycles. The molecule has 0 atom stereocenters. The monoisotopic (exact) mass is 752 g/mol. The van der Waals surface area contributed by atoms with Crippen molar-refractivity contribution < 1.29 is 35.4 Å². The second-order valence-corrected chi connectivity index (χ2v) is 36.4. The van der Waals surface area contributed by atoms with Crippen LogP contribution < -0.4 is 0 Å². The maximum atomic E-state index is 8.10. The third-order valence-corrected chi connectivity index (χ3v) is 32.6. The summed E-state index contributed by atoms with van der Waals surface area (Å²) in [5.41, 5.74) is 0. The van der Waals surface area contributed by atoms with E-state index in [4.69, 9.17) is 35.4 Å². The van der Waals surface area contributed by atoms with E-state index in [0.717, 1.165) is 0 Å². The topological polar surface area (TPSA) is 73.8 Å². The summed E-state index contributed by atoms with van der Waals surface area (Å²) in [5, 5.41) is -1.24. The molecule has 288 valence electrons. The van der Waals surface area contributed by atoms with Crippen LogP contribution in [0.5, 0.6) is 0 Å². The standard InChI is InChI=1S/C36H80O8Si4/c1-29(2)37-21-25-45(33(9,10)11)41-46(34(12,13)14,26-22-38-30(3)4)43-48(36(18,19)20,28-24-40-32(7)8)44-47(42-45,35(15,16)17)27-23-39-31(5)6/h29-32H,21-28H2,1-20H3. The van der Waals surface area contributed by atoms with Crippen LogP contribution in [0.1, 0.15) is 138 Å². The summed E-state index contributed by atoms with van der Waals surface area (Å²) < 4.78 is 57.6. The van der Waals surface area contributed by atoms with E-state index in [2.05, 4.69) is 138 Å². The summed E-state index contributed by atoms with van der Waals surface area (Å²) in [6.07, 6.45) is 0.415. The summed E-state index contributed by atoms with van der Waals surface area (Å²) in [5.74, 6) is 0. The van der Waals surface area contributed by atoms with Gasteiger partial charge in [-0.2, -0.15) is 0 Å². The van der Waals surface area contributed by atoms with Gasteiger partial charge in [0.2, 0.25) is 0 Å². The Labute approximate surface area is 302 Å². The summed E-state index contributed by atoms with van der Waals surface area (Å²) in [6.45, 7) is 46.5. The maximum Gasteiger partial charge on any atom is 0.328 e. The first-order valence-electron chi connectivity index (χ1n) is 18.8. The van der Waals surface area contributed by atoms with E-state index in [-0.39, 0.29) is 44.6 Å². The lowest BCUT2D eigenvalue weighted by atomic mass is 10.2. The molecule has 0 amide bonds. The molecule has 1 saturated heterocycles. The lowest BCUT2D eigenvalue weighted by molar-refractivity contribution is 0.0674. The number of rotatable bonds is 16. The van der Waals surface area contributed by atoms with E-state index >= 15 is 0 Å². The van der Waals surface area contributed by atoms with Gasteiger partial charge in [0.1, 0.15) is 0 Å². The van der Waals surface area contributed by atoms with E-state index in [9.17, 15) is 0 Å². The molecule has 0 aromatic carbocycles. The van der Waals surface area contributed by atoms with Gasteiger partial charge in [-0.05, 0) is 55.4 Å². The van der Waals surface area contributed by atoms with Gasteiger partial charge in [0.15, 0.2) is 0 Å². The van der Waals surface area contributed by atoms with Crippen LogP contribution in [0.3, 0.4) is 0 Å². The fourth-order valence-electron chi connectivity index (χ4n) is 6.00. The molecular formula is C36H80O8Si4. The smallest absolute Gasteiger partial charge is 0.328 e. The minimum Gasteiger partial charge on any atom is -0.415 e. The van der Waals surface area contributed by atoms with E-state index in [1.54, 1.807) is 0 Å². The zero-order valence-corrected chi connectivity index (χ0v) is 39.2. The first-order chi connectivity index (χ1) is 21.5. The molecule has 1 aliphatic rings. The average molecular weight is 753 g/mol. The Kier molecular flexibility index (Phi) is 17.1. The van der Waals surface area contributed by atoms with E-state index in [0.29, 0.717) is 50.6 Å². The zero-order valence-electron chi connectivity index (χ0n) is 35.2. The van der Waals surface area contributed by atoms with Gasteiger partial charge in [-0.25, -0.2) is 0 Å². The Morgan fingerprint density at radius 3 is 0.583 bits per heavy atom. The van der Waals surface area contributed by atoms with Crippen LogP contribution >= 0.6 is 0 Å². The molecule has 0 unspecified atom stereocenters. The highest BCUT2D eigenvalue weighted by Gasteiger charge is 2.71. The van der Waals surface area contributed by atoms with Gasteiger partial charge >= 0.3 is 34.2 Å². The highest BCUT2D eigenvalue weighted by Crippen LogP contribution is 2.59. The van der Waals surface area contributed by atoms with Crippen LogP contribution in [0, 0.1) is 0 Å². The van der Waals surface area contributed by atoms with E-state index in [1.807, 2.05) is 0 Å². The predicted molar refractivity (Wildman–Crippen MR) is 210 cm³/mol. The van der Waals surface area contributed by atoms with Crippen molar-refractivity contribution in [1.29, 1.82) is 0 Å². The van der Waals surface area contributed by atoms with Gasteiger partial charge in [-0.3, -0.25) is 0 Å². The van der Waals surface area contributed by atoms with Crippen molar-refractivity contribution >= 4 is 34.2 Å². The molecule has 0 saturated carbocycles. The third kappa shape index (κ3) is 12.3. The van der Waals surface area contributed by atoms with Crippen molar-refractivity contribution in [3.63, 3.8) is 0 Å².